The van der Waals surface area contributed by atoms with E-state index >= 15 is 0 Å². The molecule has 1 aromatic carbocycles. The van der Waals surface area contributed by atoms with Gasteiger partial charge >= 0.3 is 0 Å². The molecular formula is C14H19FN2O. The molecule has 2 aliphatic rings. The Morgan fingerprint density at radius 2 is 2.11 bits per heavy atom. The van der Waals surface area contributed by atoms with Gasteiger partial charge in [0.1, 0.15) is 11.6 Å². The van der Waals surface area contributed by atoms with E-state index in [1.54, 1.807) is 12.1 Å². The molecule has 0 aliphatic carbocycles. The van der Waals surface area contributed by atoms with Crippen molar-refractivity contribution in [2.24, 2.45) is 5.73 Å². The van der Waals surface area contributed by atoms with Crippen molar-refractivity contribution in [1.82, 2.24) is 4.90 Å². The highest BCUT2D eigenvalue weighted by atomic mass is 19.1. The maximum Gasteiger partial charge on any atom is 0.124 e. The van der Waals surface area contributed by atoms with E-state index < -0.39 is 0 Å². The average molecular weight is 250 g/mol. The Hall–Kier alpha value is -1.13. The number of likely N-dealkylation sites (tertiary alicyclic amines) is 1. The zero-order valence-electron chi connectivity index (χ0n) is 10.5. The van der Waals surface area contributed by atoms with Crippen LogP contribution in [0.1, 0.15) is 24.8 Å². The van der Waals surface area contributed by atoms with Crippen LogP contribution < -0.4 is 10.5 Å². The van der Waals surface area contributed by atoms with Crippen LogP contribution in [0.15, 0.2) is 18.2 Å². The minimum Gasteiger partial charge on any atom is -0.493 e. The highest BCUT2D eigenvalue weighted by Gasteiger charge is 2.42. The summed E-state index contributed by atoms with van der Waals surface area (Å²) in [5.41, 5.74) is 6.76. The lowest BCUT2D eigenvalue weighted by atomic mass is 9.83. The summed E-state index contributed by atoms with van der Waals surface area (Å²) < 4.78 is 19.2. The molecule has 98 valence electrons. The zero-order valence-corrected chi connectivity index (χ0v) is 10.5. The first-order chi connectivity index (χ1) is 8.76. The molecule has 0 amide bonds. The quantitative estimate of drug-likeness (QED) is 0.870. The van der Waals surface area contributed by atoms with E-state index in [1.807, 2.05) is 0 Å². The Kier molecular flexibility index (Phi) is 2.99. The van der Waals surface area contributed by atoms with Crippen LogP contribution >= 0.6 is 0 Å². The predicted molar refractivity (Wildman–Crippen MR) is 68.1 cm³/mol. The number of fused-ring (bicyclic) bond motifs is 1. The van der Waals surface area contributed by atoms with E-state index in [0.29, 0.717) is 13.2 Å². The number of nitrogens with zero attached hydrogens (tertiary/aromatic N) is 1. The fourth-order valence-corrected chi connectivity index (χ4v) is 3.27. The Labute approximate surface area is 107 Å². The van der Waals surface area contributed by atoms with E-state index in [9.17, 15) is 4.39 Å². The molecule has 1 fully saturated rings. The van der Waals surface area contributed by atoms with E-state index in [2.05, 4.69) is 4.90 Å². The van der Waals surface area contributed by atoms with Gasteiger partial charge in [-0.25, -0.2) is 4.39 Å². The molecule has 1 saturated heterocycles. The van der Waals surface area contributed by atoms with Crippen molar-refractivity contribution in [2.75, 3.05) is 26.2 Å². The molecule has 4 heteroatoms. The second-order valence-corrected chi connectivity index (χ2v) is 5.17. The van der Waals surface area contributed by atoms with Crippen molar-refractivity contribution in [1.29, 1.82) is 0 Å². The molecule has 3 nitrogen and oxygen atoms in total. The van der Waals surface area contributed by atoms with Crippen LogP contribution in [0.2, 0.25) is 0 Å². The lowest BCUT2D eigenvalue weighted by molar-refractivity contribution is 0.0693. The number of hydrogen-bond donors (Lipinski definition) is 1. The first-order valence-corrected chi connectivity index (χ1v) is 6.64. The first-order valence-electron chi connectivity index (χ1n) is 6.64. The third-order valence-corrected chi connectivity index (χ3v) is 4.27. The van der Waals surface area contributed by atoms with E-state index in [0.717, 1.165) is 30.8 Å². The van der Waals surface area contributed by atoms with Crippen LogP contribution in [-0.4, -0.2) is 31.1 Å². The van der Waals surface area contributed by atoms with Gasteiger partial charge in [0.15, 0.2) is 0 Å². The zero-order chi connectivity index (χ0) is 12.6. The highest BCUT2D eigenvalue weighted by Crippen LogP contribution is 2.42. The second kappa shape index (κ2) is 4.52. The molecule has 0 bridgehead atoms. The smallest absolute Gasteiger partial charge is 0.124 e. The summed E-state index contributed by atoms with van der Waals surface area (Å²) in [7, 11) is 0. The molecule has 0 saturated carbocycles. The predicted octanol–water partition coefficient (Wildman–Crippen LogP) is 1.86. The highest BCUT2D eigenvalue weighted by molar-refractivity contribution is 5.42. The SMILES string of the molecule is NCC1(N2CCCC2)CCOc2ccc(F)cc21. The third-order valence-electron chi connectivity index (χ3n) is 4.27. The largest absolute Gasteiger partial charge is 0.493 e. The fourth-order valence-electron chi connectivity index (χ4n) is 3.27. The minimum atomic E-state index is -0.230. The molecular weight excluding hydrogens is 231 g/mol. The van der Waals surface area contributed by atoms with Gasteiger partial charge in [0.25, 0.3) is 0 Å². The summed E-state index contributed by atoms with van der Waals surface area (Å²) in [6, 6.07) is 4.78. The molecule has 2 heterocycles. The van der Waals surface area contributed by atoms with Crippen molar-refractivity contribution < 1.29 is 9.13 Å². The normalized spacial score (nSPS) is 27.9. The summed E-state index contributed by atoms with van der Waals surface area (Å²) >= 11 is 0. The van der Waals surface area contributed by atoms with Gasteiger partial charge in [0, 0.05) is 18.5 Å². The third kappa shape index (κ3) is 1.71. The number of ether oxygens (including phenoxy) is 1. The topological polar surface area (TPSA) is 38.5 Å². The minimum absolute atomic E-state index is 0.212. The molecule has 2 N–H and O–H groups in total. The van der Waals surface area contributed by atoms with E-state index in [-0.39, 0.29) is 11.4 Å². The summed E-state index contributed by atoms with van der Waals surface area (Å²) in [4.78, 5) is 2.41. The van der Waals surface area contributed by atoms with Crippen molar-refractivity contribution >= 4 is 0 Å². The number of rotatable bonds is 2. The lowest BCUT2D eigenvalue weighted by Gasteiger charge is -2.44. The Bertz CT molecular complexity index is 445. The summed E-state index contributed by atoms with van der Waals surface area (Å²) in [5, 5.41) is 0. The molecule has 0 aromatic heterocycles. The summed E-state index contributed by atoms with van der Waals surface area (Å²) in [5.74, 6) is 0.580. The van der Waals surface area contributed by atoms with Crippen LogP contribution in [0.4, 0.5) is 4.39 Å². The van der Waals surface area contributed by atoms with Gasteiger partial charge < -0.3 is 10.5 Å². The van der Waals surface area contributed by atoms with E-state index in [1.165, 1.54) is 18.9 Å². The first kappa shape index (κ1) is 11.9. The van der Waals surface area contributed by atoms with E-state index in [4.69, 9.17) is 10.5 Å². The van der Waals surface area contributed by atoms with Crippen molar-refractivity contribution in [2.45, 2.75) is 24.8 Å². The van der Waals surface area contributed by atoms with Gasteiger partial charge in [-0.1, -0.05) is 0 Å². The second-order valence-electron chi connectivity index (χ2n) is 5.17. The number of hydrogen-bond acceptors (Lipinski definition) is 3. The average Bonchev–Trinajstić information content (AvgIpc) is 2.92. The molecule has 18 heavy (non-hydrogen) atoms. The monoisotopic (exact) mass is 250 g/mol. The Balaban J connectivity index is 2.08. The molecule has 1 aromatic rings. The Morgan fingerprint density at radius 1 is 1.33 bits per heavy atom. The van der Waals surface area contributed by atoms with Gasteiger partial charge in [-0.3, -0.25) is 4.90 Å². The van der Waals surface area contributed by atoms with Gasteiger partial charge in [-0.15, -0.1) is 0 Å². The van der Waals surface area contributed by atoms with Crippen LogP contribution in [0.25, 0.3) is 0 Å². The van der Waals surface area contributed by atoms with Crippen molar-refractivity contribution in [3.63, 3.8) is 0 Å². The molecule has 0 spiro atoms. The van der Waals surface area contributed by atoms with Gasteiger partial charge in [0.05, 0.1) is 12.1 Å². The summed E-state index contributed by atoms with van der Waals surface area (Å²) in [6.45, 7) is 3.28. The van der Waals surface area contributed by atoms with Gasteiger partial charge in [-0.05, 0) is 44.1 Å². The van der Waals surface area contributed by atoms with Gasteiger partial charge in [-0.2, -0.15) is 0 Å². The number of benzene rings is 1. The molecule has 3 rings (SSSR count). The Morgan fingerprint density at radius 3 is 2.83 bits per heavy atom. The van der Waals surface area contributed by atoms with Crippen LogP contribution in [0.3, 0.4) is 0 Å². The number of nitrogens with two attached hydrogens (primary N) is 1. The van der Waals surface area contributed by atoms with Crippen LogP contribution in [0.5, 0.6) is 5.75 Å². The molecule has 0 radical (unpaired) electrons. The van der Waals surface area contributed by atoms with Crippen LogP contribution in [0, 0.1) is 5.82 Å². The van der Waals surface area contributed by atoms with Gasteiger partial charge in [0.2, 0.25) is 0 Å². The van der Waals surface area contributed by atoms with Crippen LogP contribution in [-0.2, 0) is 5.54 Å². The standard InChI is InChI=1S/C14H19FN2O/c15-11-3-4-13-12(9-11)14(10-16,5-8-18-13)17-6-1-2-7-17/h3-4,9H,1-2,5-8,10,16H2. The molecule has 2 aliphatic heterocycles. The fraction of sp³-hybridized carbons (Fsp3) is 0.571. The summed E-state index contributed by atoms with van der Waals surface area (Å²) in [6.07, 6.45) is 3.25. The van der Waals surface area contributed by atoms with Crippen molar-refractivity contribution in [3.8, 4) is 5.75 Å². The number of halogens is 1. The van der Waals surface area contributed by atoms with Crippen molar-refractivity contribution in [3.05, 3.63) is 29.6 Å². The maximum absolute atomic E-state index is 13.5. The lowest BCUT2D eigenvalue weighted by Crippen LogP contribution is -2.52. The molecule has 1 unspecified atom stereocenters. The molecule has 1 atom stereocenters. The maximum atomic E-state index is 13.5.